The molecule has 2 atom stereocenters. The third-order valence-corrected chi connectivity index (χ3v) is 10.0. The Hall–Kier alpha value is -6.77. The van der Waals surface area contributed by atoms with E-state index in [2.05, 4.69) is 29.1 Å². The van der Waals surface area contributed by atoms with Gasteiger partial charge < -0.3 is 45.9 Å². The van der Waals surface area contributed by atoms with Gasteiger partial charge in [-0.2, -0.15) is 11.8 Å². The second-order valence-corrected chi connectivity index (χ2v) is 15.1. The topological polar surface area (TPSA) is 270 Å². The molecule has 1 fully saturated rings. The van der Waals surface area contributed by atoms with Crippen molar-refractivity contribution in [3.05, 3.63) is 89.5 Å². The first-order chi connectivity index (χ1) is 29.0. The first-order valence-corrected chi connectivity index (χ1v) is 20.2. The molecule has 1 aliphatic rings. The van der Waals surface area contributed by atoms with Crippen molar-refractivity contribution in [2.75, 3.05) is 43.4 Å². The molecule has 0 spiro atoms. The maximum absolute atomic E-state index is 13.7. The first-order valence-electron chi connectivity index (χ1n) is 19.0. The van der Waals surface area contributed by atoms with E-state index in [0.29, 0.717) is 17.7 Å². The van der Waals surface area contributed by atoms with Gasteiger partial charge in [0, 0.05) is 48.9 Å². The first kappa shape index (κ1) is 48.6. The number of urea groups is 1. The number of nitro groups is 1. The van der Waals surface area contributed by atoms with Crippen LogP contribution in [-0.4, -0.2) is 111 Å². The zero-order chi connectivity index (χ0) is 45.1. The molecule has 0 aliphatic carbocycles. The second kappa shape index (κ2) is 24.3. The average molecular weight is 867 g/mol. The predicted molar refractivity (Wildman–Crippen MR) is 223 cm³/mol. The highest BCUT2D eigenvalue weighted by Crippen LogP contribution is 2.21. The highest BCUT2D eigenvalue weighted by atomic mass is 32.2. The van der Waals surface area contributed by atoms with Crippen molar-refractivity contribution in [1.82, 2.24) is 25.3 Å². The van der Waals surface area contributed by atoms with Gasteiger partial charge in [0.05, 0.1) is 36.7 Å². The molecule has 0 saturated carbocycles. The zero-order valence-corrected chi connectivity index (χ0v) is 34.7. The number of primary amides is 1. The summed E-state index contributed by atoms with van der Waals surface area (Å²) in [5.74, 6) is -3.55. The van der Waals surface area contributed by atoms with Crippen molar-refractivity contribution in [2.24, 2.45) is 17.6 Å². The number of non-ortho nitro benzene ring substituents is 1. The molecule has 3 rings (SSSR count). The van der Waals surface area contributed by atoms with E-state index in [-0.39, 0.29) is 93.0 Å². The van der Waals surface area contributed by atoms with E-state index in [1.165, 1.54) is 39.0 Å². The number of nitrogens with zero attached hydrogens (tertiary/aromatic N) is 4. The number of nitrogens with two attached hydrogens (primary N) is 1. The fourth-order valence-corrected chi connectivity index (χ4v) is 6.58. The number of carbonyl (C=O) groups excluding carboxylic acids is 8. The molecule has 0 unspecified atom stereocenters. The Morgan fingerprint density at radius 1 is 0.918 bits per heavy atom. The number of hydrogen-bond donors (Lipinski definition) is 4. The Morgan fingerprint density at radius 2 is 1.52 bits per heavy atom. The Bertz CT molecular complexity index is 1920. The summed E-state index contributed by atoms with van der Waals surface area (Å²) < 4.78 is 10.1. The Balaban J connectivity index is 1.54. The lowest BCUT2D eigenvalue weighted by Crippen LogP contribution is -2.59. The molecule has 21 heteroatoms. The molecule has 0 bridgehead atoms. The van der Waals surface area contributed by atoms with Gasteiger partial charge in [0.1, 0.15) is 12.4 Å². The monoisotopic (exact) mass is 866 g/mol. The third-order valence-electron chi connectivity index (χ3n) is 9.05. The van der Waals surface area contributed by atoms with Crippen molar-refractivity contribution in [1.29, 1.82) is 0 Å². The summed E-state index contributed by atoms with van der Waals surface area (Å²) in [6.45, 7) is 10.3. The molecule has 0 radical (unpaired) electrons. The van der Waals surface area contributed by atoms with E-state index in [0.717, 1.165) is 23.9 Å². The molecule has 328 valence electrons. The van der Waals surface area contributed by atoms with Crippen LogP contribution in [0, 0.1) is 22.0 Å². The second-order valence-electron chi connectivity index (χ2n) is 14.0. The highest BCUT2D eigenvalue weighted by Gasteiger charge is 2.31. The molecular formula is C40H50N8O12S. The number of nitro benzene ring substituents is 1. The summed E-state index contributed by atoms with van der Waals surface area (Å²) >= 11 is 1.16. The number of carbonyl (C=O) groups is 8. The molecule has 1 heterocycles. The van der Waals surface area contributed by atoms with Crippen molar-refractivity contribution >= 4 is 70.6 Å². The fourth-order valence-electron chi connectivity index (χ4n) is 5.85. The molecule has 20 nitrogen and oxygen atoms in total. The quantitative estimate of drug-likeness (QED) is 0.0331. The van der Waals surface area contributed by atoms with Gasteiger partial charge in [-0.1, -0.05) is 39.1 Å². The molecular weight excluding hydrogens is 817 g/mol. The van der Waals surface area contributed by atoms with Gasteiger partial charge in [0.2, 0.25) is 29.5 Å². The van der Waals surface area contributed by atoms with Gasteiger partial charge in [-0.05, 0) is 60.7 Å². The van der Waals surface area contributed by atoms with Crippen LogP contribution in [0.3, 0.4) is 0 Å². The summed E-state index contributed by atoms with van der Waals surface area (Å²) in [7, 11) is 0. The van der Waals surface area contributed by atoms with Crippen molar-refractivity contribution in [3.63, 3.8) is 0 Å². The number of amides is 7. The van der Waals surface area contributed by atoms with Crippen LogP contribution in [0.4, 0.5) is 21.0 Å². The lowest BCUT2D eigenvalue weighted by molar-refractivity contribution is -0.384. The largest absolute Gasteiger partial charge is 0.514 e. The van der Waals surface area contributed by atoms with Gasteiger partial charge in [-0.3, -0.25) is 38.9 Å². The number of anilines is 1. The van der Waals surface area contributed by atoms with Crippen LogP contribution in [0.2, 0.25) is 0 Å². The fraction of sp³-hybridized carbons (Fsp3) is 0.400. The van der Waals surface area contributed by atoms with Crippen molar-refractivity contribution in [3.8, 4) is 5.75 Å². The van der Waals surface area contributed by atoms with Gasteiger partial charge in [0.15, 0.2) is 5.78 Å². The minimum atomic E-state index is -1.03. The Morgan fingerprint density at radius 3 is 2.08 bits per heavy atom. The molecule has 0 aromatic heterocycles. The van der Waals surface area contributed by atoms with Gasteiger partial charge in [-0.25, -0.2) is 9.59 Å². The highest BCUT2D eigenvalue weighted by molar-refractivity contribution is 7.99. The van der Waals surface area contributed by atoms with Crippen LogP contribution < -0.4 is 26.4 Å². The lowest BCUT2D eigenvalue weighted by Gasteiger charge is -2.41. The minimum absolute atomic E-state index is 0.00932. The molecule has 1 aliphatic heterocycles. The molecule has 2 aromatic carbocycles. The molecule has 5 N–H and O–H groups in total. The maximum atomic E-state index is 13.7. The van der Waals surface area contributed by atoms with Crippen LogP contribution in [0.5, 0.6) is 5.75 Å². The number of hydrogen-bond acceptors (Lipinski definition) is 13. The summed E-state index contributed by atoms with van der Waals surface area (Å²) in [6.07, 6.45) is 1.43. The SMILES string of the molecule is C=CC(=O)N1CN(C(=O)C=C)CN(C(=O)CCSCC(=O)N[C@H](C(=O)C[C@@H](CCCNC(N)=O)C(=O)Nc2ccc(COC(=O)Oc3ccc([N+](=O)[O-])cc3)cc2)C(C)C)C1. The molecule has 61 heavy (non-hydrogen) atoms. The van der Waals surface area contributed by atoms with E-state index < -0.39 is 52.7 Å². The summed E-state index contributed by atoms with van der Waals surface area (Å²) in [5.41, 5.74) is 5.93. The lowest BCUT2D eigenvalue weighted by atomic mass is 9.89. The number of nitrogens with one attached hydrogen (secondary N) is 3. The van der Waals surface area contributed by atoms with Crippen LogP contribution in [0.15, 0.2) is 73.8 Å². The smallest absolute Gasteiger partial charge is 0.429 e. The van der Waals surface area contributed by atoms with E-state index >= 15 is 0 Å². The third kappa shape index (κ3) is 16.4. The van der Waals surface area contributed by atoms with Gasteiger partial charge >= 0.3 is 12.2 Å². The van der Waals surface area contributed by atoms with E-state index in [4.69, 9.17) is 15.2 Å². The Kier molecular flexibility index (Phi) is 19.4. The van der Waals surface area contributed by atoms with Crippen LogP contribution in [-0.2, 0) is 40.1 Å². The standard InChI is InChI=1S/C40H50N8O12S/c1-5-34(51)45-23-46(35(52)6-2)25-47(24-45)36(53)17-19-61-22-33(50)44-37(26(3)4)32(49)20-28(8-7-18-42-39(41)55)38(54)43-29-11-9-27(10-12-29)21-59-40(56)60-31-15-13-30(14-16-31)48(57)58/h5-6,9-16,26,28,37H,1-2,7-8,17-25H2,3-4H3,(H,43,54)(H,44,50)(H3,41,42,55)/t28-,37+/m1/s1. The van der Waals surface area contributed by atoms with E-state index in [1.54, 1.807) is 38.1 Å². The van der Waals surface area contributed by atoms with E-state index in [1.807, 2.05) is 0 Å². The number of benzene rings is 2. The average Bonchev–Trinajstić information content (AvgIpc) is 3.24. The predicted octanol–water partition coefficient (Wildman–Crippen LogP) is 3.28. The van der Waals surface area contributed by atoms with Crippen LogP contribution >= 0.6 is 11.8 Å². The number of ether oxygens (including phenoxy) is 2. The maximum Gasteiger partial charge on any atom is 0.514 e. The Labute approximate surface area is 356 Å². The molecule has 7 amide bonds. The zero-order valence-electron chi connectivity index (χ0n) is 33.9. The number of ketones is 1. The number of Topliss-reactive ketones (excluding diaryl/α,β-unsaturated/α-hetero) is 1. The summed E-state index contributed by atoms with van der Waals surface area (Å²) in [6, 6.07) is 9.52. The summed E-state index contributed by atoms with van der Waals surface area (Å²) in [5, 5.41) is 18.8. The van der Waals surface area contributed by atoms with Crippen LogP contribution in [0.25, 0.3) is 0 Å². The number of thioether (sulfide) groups is 1. The molecule has 2 aromatic rings. The van der Waals surface area contributed by atoms with Gasteiger partial charge in [0.25, 0.3) is 5.69 Å². The van der Waals surface area contributed by atoms with Gasteiger partial charge in [-0.15, -0.1) is 0 Å². The van der Waals surface area contributed by atoms with Crippen LogP contribution in [0.1, 0.15) is 45.1 Å². The minimum Gasteiger partial charge on any atom is -0.429 e. The normalized spacial score (nSPS) is 13.3. The molecule has 1 saturated heterocycles. The van der Waals surface area contributed by atoms with Crippen molar-refractivity contribution < 1.29 is 52.8 Å². The van der Waals surface area contributed by atoms with E-state index in [9.17, 15) is 48.5 Å². The number of rotatable bonds is 22. The summed E-state index contributed by atoms with van der Waals surface area (Å²) in [4.78, 5) is 115. The van der Waals surface area contributed by atoms with Crippen molar-refractivity contribution in [2.45, 2.75) is 52.2 Å².